The Morgan fingerprint density at radius 2 is 2.47 bits per heavy atom. The van der Waals surface area contributed by atoms with Crippen molar-refractivity contribution in [3.8, 4) is 0 Å². The van der Waals surface area contributed by atoms with Crippen LogP contribution in [0.15, 0.2) is 18.3 Å². The maximum Gasteiger partial charge on any atom is 0.272 e. The predicted molar refractivity (Wildman–Crippen MR) is 58.3 cm³/mol. The van der Waals surface area contributed by atoms with Crippen molar-refractivity contribution in [3.05, 3.63) is 24.0 Å². The number of rotatable bonds is 1. The van der Waals surface area contributed by atoms with Crippen molar-refractivity contribution >= 4 is 11.6 Å². The smallest absolute Gasteiger partial charge is 0.272 e. The molecular formula is C11H15N3O. The van der Waals surface area contributed by atoms with E-state index in [0.717, 1.165) is 19.5 Å². The summed E-state index contributed by atoms with van der Waals surface area (Å²) >= 11 is 0. The molecule has 0 radical (unpaired) electrons. The van der Waals surface area contributed by atoms with Crippen molar-refractivity contribution in [2.75, 3.05) is 18.8 Å². The van der Waals surface area contributed by atoms with E-state index in [-0.39, 0.29) is 5.91 Å². The van der Waals surface area contributed by atoms with E-state index in [2.05, 4.69) is 11.9 Å². The lowest BCUT2D eigenvalue weighted by Crippen LogP contribution is -2.29. The summed E-state index contributed by atoms with van der Waals surface area (Å²) in [6.45, 7) is 3.81. The molecule has 0 spiro atoms. The van der Waals surface area contributed by atoms with Crippen LogP contribution in [0.5, 0.6) is 0 Å². The van der Waals surface area contributed by atoms with E-state index in [4.69, 9.17) is 5.73 Å². The fourth-order valence-corrected chi connectivity index (χ4v) is 1.85. The van der Waals surface area contributed by atoms with Crippen molar-refractivity contribution < 1.29 is 4.79 Å². The Morgan fingerprint density at radius 3 is 3.07 bits per heavy atom. The van der Waals surface area contributed by atoms with Gasteiger partial charge in [0.25, 0.3) is 5.91 Å². The highest BCUT2D eigenvalue weighted by atomic mass is 16.2. The molecule has 1 aromatic rings. The molecule has 1 aliphatic rings. The van der Waals surface area contributed by atoms with Crippen molar-refractivity contribution in [1.82, 2.24) is 9.88 Å². The SMILES string of the molecule is CC1CCN(C(=O)c2cc(N)ccn2)C1. The number of hydrogen-bond donors (Lipinski definition) is 1. The quantitative estimate of drug-likeness (QED) is 0.748. The molecule has 1 fully saturated rings. The van der Waals surface area contributed by atoms with Gasteiger partial charge in [0.15, 0.2) is 0 Å². The highest BCUT2D eigenvalue weighted by Gasteiger charge is 2.24. The van der Waals surface area contributed by atoms with E-state index in [9.17, 15) is 4.79 Å². The number of hydrogen-bond acceptors (Lipinski definition) is 3. The molecule has 0 aliphatic carbocycles. The molecule has 0 bridgehead atoms. The van der Waals surface area contributed by atoms with Gasteiger partial charge in [0.1, 0.15) is 5.69 Å². The molecule has 4 nitrogen and oxygen atoms in total. The average Bonchev–Trinajstić information content (AvgIpc) is 2.64. The molecule has 1 aromatic heterocycles. The summed E-state index contributed by atoms with van der Waals surface area (Å²) in [5.41, 5.74) is 6.64. The molecule has 2 N–H and O–H groups in total. The number of likely N-dealkylation sites (tertiary alicyclic amines) is 1. The van der Waals surface area contributed by atoms with Crippen LogP contribution in [-0.2, 0) is 0 Å². The fourth-order valence-electron chi connectivity index (χ4n) is 1.85. The van der Waals surface area contributed by atoms with Crippen LogP contribution in [0.2, 0.25) is 0 Å². The predicted octanol–water partition coefficient (Wildman–Crippen LogP) is 1.15. The molecule has 2 rings (SSSR count). The molecule has 0 aromatic carbocycles. The largest absolute Gasteiger partial charge is 0.399 e. The third-order valence-corrected chi connectivity index (χ3v) is 2.71. The standard InChI is InChI=1S/C11H15N3O/c1-8-3-5-14(7-8)11(15)10-6-9(12)2-4-13-10/h2,4,6,8H,3,5,7H2,1H3,(H2,12,13). The monoisotopic (exact) mass is 205 g/mol. The number of nitrogens with zero attached hydrogens (tertiary/aromatic N) is 2. The van der Waals surface area contributed by atoms with Crippen molar-refractivity contribution in [2.45, 2.75) is 13.3 Å². The van der Waals surface area contributed by atoms with E-state index < -0.39 is 0 Å². The Morgan fingerprint density at radius 1 is 1.67 bits per heavy atom. The lowest BCUT2D eigenvalue weighted by atomic mass is 10.2. The molecule has 1 atom stereocenters. The van der Waals surface area contributed by atoms with Crippen LogP contribution in [-0.4, -0.2) is 28.9 Å². The van der Waals surface area contributed by atoms with E-state index in [0.29, 0.717) is 17.3 Å². The minimum Gasteiger partial charge on any atom is -0.399 e. The van der Waals surface area contributed by atoms with Crippen molar-refractivity contribution in [3.63, 3.8) is 0 Å². The number of pyridine rings is 1. The molecular weight excluding hydrogens is 190 g/mol. The summed E-state index contributed by atoms with van der Waals surface area (Å²) in [5, 5.41) is 0. The Balaban J connectivity index is 2.14. The highest BCUT2D eigenvalue weighted by Crippen LogP contribution is 2.17. The summed E-state index contributed by atoms with van der Waals surface area (Å²) < 4.78 is 0. The second-order valence-electron chi connectivity index (χ2n) is 4.12. The van der Waals surface area contributed by atoms with Gasteiger partial charge in [-0.3, -0.25) is 9.78 Å². The van der Waals surface area contributed by atoms with Crippen LogP contribution in [0.3, 0.4) is 0 Å². The topological polar surface area (TPSA) is 59.2 Å². The lowest BCUT2D eigenvalue weighted by Gasteiger charge is -2.15. The van der Waals surface area contributed by atoms with Crippen LogP contribution in [0.25, 0.3) is 0 Å². The van der Waals surface area contributed by atoms with Gasteiger partial charge in [-0.05, 0) is 24.5 Å². The van der Waals surface area contributed by atoms with Gasteiger partial charge in [0.05, 0.1) is 0 Å². The second-order valence-corrected chi connectivity index (χ2v) is 4.12. The normalized spacial score (nSPS) is 20.6. The first-order valence-electron chi connectivity index (χ1n) is 5.17. The Labute approximate surface area is 89.1 Å². The third kappa shape index (κ3) is 2.09. The zero-order valence-electron chi connectivity index (χ0n) is 8.81. The van der Waals surface area contributed by atoms with E-state index in [1.54, 1.807) is 18.3 Å². The first-order valence-corrected chi connectivity index (χ1v) is 5.17. The summed E-state index contributed by atoms with van der Waals surface area (Å²) in [7, 11) is 0. The van der Waals surface area contributed by atoms with Crippen LogP contribution in [0.4, 0.5) is 5.69 Å². The Bertz CT molecular complexity index is 378. The molecule has 80 valence electrons. The van der Waals surface area contributed by atoms with Gasteiger partial charge in [-0.2, -0.15) is 0 Å². The molecule has 1 unspecified atom stereocenters. The maximum absolute atomic E-state index is 12.0. The van der Waals surface area contributed by atoms with Crippen LogP contribution in [0.1, 0.15) is 23.8 Å². The van der Waals surface area contributed by atoms with Crippen LogP contribution < -0.4 is 5.73 Å². The zero-order chi connectivity index (χ0) is 10.8. The number of amides is 1. The summed E-state index contributed by atoms with van der Waals surface area (Å²) in [6.07, 6.45) is 2.65. The lowest BCUT2D eigenvalue weighted by molar-refractivity contribution is 0.0782. The summed E-state index contributed by atoms with van der Waals surface area (Å²) in [4.78, 5) is 17.8. The van der Waals surface area contributed by atoms with Crippen LogP contribution in [0, 0.1) is 5.92 Å². The molecule has 4 heteroatoms. The second kappa shape index (κ2) is 3.88. The molecule has 2 heterocycles. The highest BCUT2D eigenvalue weighted by molar-refractivity contribution is 5.93. The molecule has 1 amide bonds. The zero-order valence-corrected chi connectivity index (χ0v) is 8.81. The van der Waals surface area contributed by atoms with Crippen molar-refractivity contribution in [1.29, 1.82) is 0 Å². The van der Waals surface area contributed by atoms with E-state index in [1.807, 2.05) is 4.90 Å². The van der Waals surface area contributed by atoms with Gasteiger partial charge >= 0.3 is 0 Å². The molecule has 1 saturated heterocycles. The summed E-state index contributed by atoms with van der Waals surface area (Å²) in [5.74, 6) is 0.585. The van der Waals surface area contributed by atoms with Gasteiger partial charge in [0, 0.05) is 25.0 Å². The molecule has 15 heavy (non-hydrogen) atoms. The number of nitrogen functional groups attached to an aromatic ring is 1. The number of carbonyl (C=O) groups excluding carboxylic acids is 1. The van der Waals surface area contributed by atoms with Gasteiger partial charge in [-0.25, -0.2) is 0 Å². The maximum atomic E-state index is 12.0. The van der Waals surface area contributed by atoms with Gasteiger partial charge in [0.2, 0.25) is 0 Å². The van der Waals surface area contributed by atoms with E-state index >= 15 is 0 Å². The Hall–Kier alpha value is -1.58. The first-order chi connectivity index (χ1) is 7.16. The third-order valence-electron chi connectivity index (χ3n) is 2.71. The number of aromatic nitrogens is 1. The fraction of sp³-hybridized carbons (Fsp3) is 0.455. The number of anilines is 1. The van der Waals surface area contributed by atoms with E-state index in [1.165, 1.54) is 0 Å². The minimum absolute atomic E-state index is 0.00773. The number of carbonyl (C=O) groups is 1. The minimum atomic E-state index is -0.00773. The molecule has 0 saturated carbocycles. The van der Waals surface area contributed by atoms with Crippen molar-refractivity contribution in [2.24, 2.45) is 5.92 Å². The summed E-state index contributed by atoms with van der Waals surface area (Å²) in [6, 6.07) is 3.31. The van der Waals surface area contributed by atoms with Crippen LogP contribution >= 0.6 is 0 Å². The van der Waals surface area contributed by atoms with Gasteiger partial charge in [-0.15, -0.1) is 0 Å². The number of nitrogens with two attached hydrogens (primary N) is 1. The van der Waals surface area contributed by atoms with Gasteiger partial charge in [-0.1, -0.05) is 6.92 Å². The molecule has 1 aliphatic heterocycles. The van der Waals surface area contributed by atoms with Gasteiger partial charge < -0.3 is 10.6 Å². The first kappa shape index (κ1) is 9.96. The Kier molecular flexibility index (Phi) is 2.58. The average molecular weight is 205 g/mol.